The lowest BCUT2D eigenvalue weighted by molar-refractivity contribution is -0.116. The summed E-state index contributed by atoms with van der Waals surface area (Å²) in [6, 6.07) is -7.02. The first-order valence-corrected chi connectivity index (χ1v) is 6.99. The van der Waals surface area contributed by atoms with Gasteiger partial charge in [0.05, 0.1) is 20.2 Å². The van der Waals surface area contributed by atoms with Crippen molar-refractivity contribution in [2.24, 2.45) is 0 Å². The van der Waals surface area contributed by atoms with Gasteiger partial charge in [-0.25, -0.2) is 4.98 Å². The molecule has 1 aromatic heterocycles. The highest BCUT2D eigenvalue weighted by Gasteiger charge is 2.18. The molecule has 0 bridgehead atoms. The number of Topliss-reactive ketones (excluding diaryl/α,β-unsaturated/α-hetero) is 1. The number of ketones is 1. The van der Waals surface area contributed by atoms with Crippen LogP contribution < -0.4 is 10.1 Å². The molecular formula is C20H18N2O4. The van der Waals surface area contributed by atoms with Crippen LogP contribution in [0.15, 0.2) is 48.3 Å². The normalized spacial score (nSPS) is 18.7. The molecule has 3 rings (SSSR count). The predicted octanol–water partition coefficient (Wildman–Crippen LogP) is 3.36. The van der Waals surface area contributed by atoms with Gasteiger partial charge in [-0.3, -0.25) is 9.59 Å². The van der Waals surface area contributed by atoms with Gasteiger partial charge in [0.25, 0.3) is 5.91 Å². The van der Waals surface area contributed by atoms with Crippen molar-refractivity contribution in [3.63, 3.8) is 0 Å². The van der Waals surface area contributed by atoms with Crippen LogP contribution in [0.2, 0.25) is 0 Å². The molecule has 2 aromatic carbocycles. The number of carbonyl (C=O) groups excluding carboxylic acids is 2. The highest BCUT2D eigenvalue weighted by molar-refractivity contribution is 6.03. The van der Waals surface area contributed by atoms with E-state index in [1.807, 2.05) is 0 Å². The maximum atomic E-state index is 12.7. The number of benzene rings is 2. The zero-order valence-electron chi connectivity index (χ0n) is 26.1. The van der Waals surface area contributed by atoms with Crippen LogP contribution >= 0.6 is 0 Å². The van der Waals surface area contributed by atoms with E-state index in [-0.39, 0.29) is 0 Å². The van der Waals surface area contributed by atoms with Crippen molar-refractivity contribution in [1.29, 1.82) is 0 Å². The Bertz CT molecular complexity index is 1540. The monoisotopic (exact) mass is 363 g/mol. The summed E-state index contributed by atoms with van der Waals surface area (Å²) < 4.78 is 108. The number of carbonyl (C=O) groups is 2. The van der Waals surface area contributed by atoms with Gasteiger partial charge in [-0.1, -0.05) is 18.1 Å². The molecule has 0 radical (unpaired) electrons. The Labute approximate surface area is 168 Å². The number of para-hydroxylation sites is 1. The molecule has 0 atom stereocenters. The minimum Gasteiger partial charge on any atom is -0.505 e. The summed E-state index contributed by atoms with van der Waals surface area (Å²) in [7, 11) is 0. The Hall–Kier alpha value is -3.41. The number of rotatable bonds is 5. The SMILES string of the molecule is [2H]c1c([2H])c([2H])c(Oc2c([2H])c([2H])c3c(O)c(C(=O)NC([2H])([2H])C(C)=O)nc(C([2H])([2H])[2H])c3c2[2H])c([2H])c1[2H]. The summed E-state index contributed by atoms with van der Waals surface area (Å²) in [5, 5.41) is 10.8. The number of nitrogens with one attached hydrogen (secondary N) is 1. The molecule has 0 fully saturated rings. The maximum Gasteiger partial charge on any atom is 0.274 e. The third-order valence-electron chi connectivity index (χ3n) is 2.96. The van der Waals surface area contributed by atoms with Gasteiger partial charge in [-0.05, 0) is 44.0 Å². The van der Waals surface area contributed by atoms with Crippen molar-refractivity contribution in [1.82, 2.24) is 10.3 Å². The first-order valence-electron chi connectivity index (χ1n) is 13.5. The zero-order valence-corrected chi connectivity index (χ0v) is 13.1. The topological polar surface area (TPSA) is 88.5 Å². The molecule has 0 aliphatic rings. The van der Waals surface area contributed by atoms with E-state index in [2.05, 4.69) is 4.98 Å². The fourth-order valence-electron chi connectivity index (χ4n) is 1.89. The Morgan fingerprint density at radius 2 is 2.00 bits per heavy atom. The molecular weight excluding hydrogens is 332 g/mol. The highest BCUT2D eigenvalue weighted by Crippen LogP contribution is 2.33. The number of hydrogen-bond donors (Lipinski definition) is 2. The minimum atomic E-state index is -3.22. The van der Waals surface area contributed by atoms with Crippen molar-refractivity contribution in [3.8, 4) is 17.2 Å². The smallest absolute Gasteiger partial charge is 0.274 e. The molecule has 0 aliphatic heterocycles. The Kier molecular flexibility index (Phi) is 2.07. The summed E-state index contributed by atoms with van der Waals surface area (Å²) in [4.78, 5) is 27.7. The van der Waals surface area contributed by atoms with Crippen molar-refractivity contribution >= 4 is 22.5 Å². The summed E-state index contributed by atoms with van der Waals surface area (Å²) in [5.41, 5.74) is -2.14. The molecule has 1 amide bonds. The quantitative estimate of drug-likeness (QED) is 0.726. The van der Waals surface area contributed by atoms with Gasteiger partial charge >= 0.3 is 0 Å². The number of ether oxygens (including phenoxy) is 1. The van der Waals surface area contributed by atoms with E-state index >= 15 is 0 Å². The molecule has 0 spiro atoms. The van der Waals surface area contributed by atoms with Crippen molar-refractivity contribution < 1.29 is 37.3 Å². The van der Waals surface area contributed by atoms with E-state index in [0.29, 0.717) is 0 Å². The van der Waals surface area contributed by atoms with Crippen LogP contribution in [-0.4, -0.2) is 28.3 Å². The van der Waals surface area contributed by atoms with E-state index in [0.717, 1.165) is 6.92 Å². The van der Waals surface area contributed by atoms with E-state index in [4.69, 9.17) is 22.6 Å². The lowest BCUT2D eigenvalue weighted by atomic mass is 10.1. The second kappa shape index (κ2) is 7.23. The van der Waals surface area contributed by atoms with Gasteiger partial charge in [-0.15, -0.1) is 0 Å². The third kappa shape index (κ3) is 3.64. The van der Waals surface area contributed by atoms with Crippen LogP contribution in [-0.2, 0) is 4.79 Å². The molecule has 0 saturated carbocycles. The van der Waals surface area contributed by atoms with Crippen LogP contribution in [0.1, 0.15) is 40.9 Å². The summed E-state index contributed by atoms with van der Waals surface area (Å²) in [5.74, 6) is -5.59. The molecule has 26 heavy (non-hydrogen) atoms. The van der Waals surface area contributed by atoms with Gasteiger partial charge in [-0.2, -0.15) is 0 Å². The van der Waals surface area contributed by atoms with Gasteiger partial charge < -0.3 is 15.2 Å². The number of aryl methyl sites for hydroxylation is 1. The van der Waals surface area contributed by atoms with Crippen molar-refractivity contribution in [2.45, 2.75) is 13.8 Å². The zero-order chi connectivity index (χ0) is 29.9. The van der Waals surface area contributed by atoms with Crippen LogP contribution in [0.3, 0.4) is 0 Å². The van der Waals surface area contributed by atoms with Crippen molar-refractivity contribution in [3.05, 3.63) is 59.7 Å². The fourth-order valence-corrected chi connectivity index (χ4v) is 1.89. The van der Waals surface area contributed by atoms with Crippen LogP contribution in [0.4, 0.5) is 0 Å². The molecule has 132 valence electrons. The van der Waals surface area contributed by atoms with Crippen LogP contribution in [0.25, 0.3) is 10.8 Å². The Balaban J connectivity index is 2.40. The Morgan fingerprint density at radius 1 is 1.23 bits per heavy atom. The number of amides is 1. The molecule has 0 aliphatic carbocycles. The molecule has 2 N–H and O–H groups in total. The average Bonchev–Trinajstić information content (AvgIpc) is 2.83. The maximum absolute atomic E-state index is 12.7. The van der Waals surface area contributed by atoms with Crippen LogP contribution in [0, 0.1) is 6.85 Å². The molecule has 0 saturated heterocycles. The molecule has 6 heteroatoms. The van der Waals surface area contributed by atoms with Crippen molar-refractivity contribution in [2.75, 3.05) is 6.50 Å². The van der Waals surface area contributed by atoms with E-state index in [1.54, 1.807) is 5.32 Å². The summed E-state index contributed by atoms with van der Waals surface area (Å²) in [6.07, 6.45) is 0. The predicted molar refractivity (Wildman–Crippen MR) is 97.7 cm³/mol. The van der Waals surface area contributed by atoms with E-state index in [1.165, 1.54) is 0 Å². The first kappa shape index (κ1) is 7.45. The third-order valence-corrected chi connectivity index (χ3v) is 2.96. The molecule has 0 unspecified atom stereocenters. The number of nitrogens with zero attached hydrogens (tertiary/aromatic N) is 1. The lowest BCUT2D eigenvalue weighted by Gasteiger charge is -2.12. The summed E-state index contributed by atoms with van der Waals surface area (Å²) in [6.45, 7) is -5.34. The van der Waals surface area contributed by atoms with Crippen LogP contribution in [0.5, 0.6) is 17.2 Å². The number of aromatic hydroxyl groups is 1. The van der Waals surface area contributed by atoms with E-state index in [9.17, 15) is 14.7 Å². The second-order valence-electron chi connectivity index (χ2n) is 4.80. The highest BCUT2D eigenvalue weighted by atomic mass is 16.5. The first-order chi connectivity index (χ1) is 17.7. The van der Waals surface area contributed by atoms with Gasteiger partial charge in [0.15, 0.2) is 11.4 Å². The van der Waals surface area contributed by atoms with Gasteiger partial charge in [0.2, 0.25) is 0 Å². The fraction of sp³-hybridized carbons (Fsp3) is 0.150. The Morgan fingerprint density at radius 3 is 2.69 bits per heavy atom. The second-order valence-corrected chi connectivity index (χ2v) is 4.80. The number of aromatic nitrogens is 1. The standard InChI is InChI=1S/C20H18N2O4/c1-12(23)11-21-20(25)18-19(24)16-9-8-15(10-17(16)13(2)22-18)26-14-6-4-3-5-7-14/h3-10,24H,11H2,1-2H3,(H,21,25)/i2D3,3D,4D,5D,6D,7D,8D,9D,10D,11D2. The number of fused-ring (bicyclic) bond motifs is 1. The van der Waals surface area contributed by atoms with Gasteiger partial charge in [0.1, 0.15) is 17.3 Å². The number of pyridine rings is 1. The largest absolute Gasteiger partial charge is 0.505 e. The summed E-state index contributed by atoms with van der Waals surface area (Å²) >= 11 is 0. The molecule has 1 heterocycles. The number of hydrogen-bond acceptors (Lipinski definition) is 5. The minimum absolute atomic E-state index is 0.756. The molecule has 6 nitrogen and oxygen atoms in total. The van der Waals surface area contributed by atoms with E-state index < -0.39 is 113 Å². The lowest BCUT2D eigenvalue weighted by Crippen LogP contribution is -2.29. The average molecular weight is 363 g/mol. The molecule has 3 aromatic rings. The van der Waals surface area contributed by atoms with Gasteiger partial charge in [0, 0.05) is 20.6 Å².